The van der Waals surface area contributed by atoms with Crippen molar-refractivity contribution in [3.63, 3.8) is 0 Å². The van der Waals surface area contributed by atoms with Crippen LogP contribution in [-0.2, 0) is 19.7 Å². The number of aliphatic carboxylic acids is 2. The third-order valence-corrected chi connectivity index (χ3v) is 2.08. The molecule has 7 nitrogen and oxygen atoms in total. The number of carbonyl (C=O) groups is 2. The molecule has 0 saturated carbocycles. The molecule has 0 saturated heterocycles. The lowest BCUT2D eigenvalue weighted by atomic mass is 10.3. The molecule has 8 heteroatoms. The van der Waals surface area contributed by atoms with Gasteiger partial charge in [0, 0.05) is 0 Å². The Hall–Kier alpha value is -1.15. The van der Waals surface area contributed by atoms with E-state index in [0.29, 0.717) is 0 Å². The van der Waals surface area contributed by atoms with Crippen molar-refractivity contribution >= 4 is 22.1 Å². The molecule has 0 amide bonds. The van der Waals surface area contributed by atoms with E-state index in [9.17, 15) is 18.0 Å². The summed E-state index contributed by atoms with van der Waals surface area (Å²) in [4.78, 5) is 20.0. The molecule has 0 aliphatic carbocycles. The normalized spacial score (nSPS) is 12.7. The van der Waals surface area contributed by atoms with E-state index in [4.69, 9.17) is 14.8 Å². The summed E-state index contributed by atoms with van der Waals surface area (Å²) in [5.74, 6) is -3.50. The monoisotopic (exact) mass is 211 g/mol. The molecule has 0 heterocycles. The Morgan fingerprint density at radius 1 is 1.23 bits per heavy atom. The number of carboxylic acids is 2. The largest absolute Gasteiger partial charge is 0.481 e. The van der Waals surface area contributed by atoms with E-state index in [-0.39, 0.29) is 7.43 Å². The maximum Gasteiger partial charge on any atom is 0.325 e. The van der Waals surface area contributed by atoms with Gasteiger partial charge in [0.05, 0.1) is 6.42 Å². The molecule has 0 aliphatic rings. The maximum atomic E-state index is 10.2. The van der Waals surface area contributed by atoms with Crippen molar-refractivity contribution in [1.82, 2.24) is 0 Å². The molecule has 0 bridgehead atoms. The first-order chi connectivity index (χ1) is 5.25. The molecular weight excluding hydrogens is 204 g/mol. The summed E-state index contributed by atoms with van der Waals surface area (Å²) in [5, 5.41) is 13.9. The van der Waals surface area contributed by atoms with Gasteiger partial charge in [-0.3, -0.25) is 14.1 Å². The summed E-state index contributed by atoms with van der Waals surface area (Å²) in [5.41, 5.74) is 0. The molecule has 0 aromatic rings. The molecule has 0 aliphatic heterocycles. The second-order valence-corrected chi connectivity index (χ2v) is 3.54. The maximum absolute atomic E-state index is 10.2. The van der Waals surface area contributed by atoms with Crippen molar-refractivity contribution in [2.45, 2.75) is 11.7 Å². The van der Waals surface area contributed by atoms with Crippen molar-refractivity contribution in [2.75, 3.05) is 0 Å². The fourth-order valence-corrected chi connectivity index (χ4v) is 1.09. The van der Waals surface area contributed by atoms with Crippen LogP contribution in [0, 0.1) is 7.43 Å². The molecular formula is C5H7O7S. The standard InChI is InChI=1S/C4H6O7S.CH/c5-3(6)1-2(4(7)8)12(9,10)11;/h2H,1H2,(H,5,6)(H,7,8)(H,9,10,11);1H. The van der Waals surface area contributed by atoms with Gasteiger partial charge in [0.1, 0.15) is 0 Å². The lowest BCUT2D eigenvalue weighted by Crippen LogP contribution is -2.31. The Morgan fingerprint density at radius 2 is 1.62 bits per heavy atom. The van der Waals surface area contributed by atoms with Gasteiger partial charge in [-0.1, -0.05) is 0 Å². The van der Waals surface area contributed by atoms with Gasteiger partial charge in [0.2, 0.25) is 0 Å². The molecule has 75 valence electrons. The smallest absolute Gasteiger partial charge is 0.325 e. The first-order valence-electron chi connectivity index (χ1n) is 2.66. The zero-order valence-electron chi connectivity index (χ0n) is 6.24. The van der Waals surface area contributed by atoms with E-state index in [1.807, 2.05) is 0 Å². The minimum absolute atomic E-state index is 0. The SMILES string of the molecule is O=C(O)CC(C(=O)O)S(=O)(=O)O.[CH]. The van der Waals surface area contributed by atoms with Crippen LogP contribution in [0.2, 0.25) is 0 Å². The van der Waals surface area contributed by atoms with Crippen LogP contribution in [0.25, 0.3) is 0 Å². The average molecular weight is 211 g/mol. The lowest BCUT2D eigenvalue weighted by molar-refractivity contribution is -0.143. The van der Waals surface area contributed by atoms with Crippen molar-refractivity contribution in [2.24, 2.45) is 0 Å². The molecule has 13 heavy (non-hydrogen) atoms. The van der Waals surface area contributed by atoms with Crippen molar-refractivity contribution in [1.29, 1.82) is 0 Å². The van der Waals surface area contributed by atoms with Crippen LogP contribution in [-0.4, -0.2) is 40.4 Å². The summed E-state index contributed by atoms with van der Waals surface area (Å²) in [6, 6.07) is 0. The predicted molar refractivity (Wildman–Crippen MR) is 39.5 cm³/mol. The Kier molecular flexibility index (Phi) is 5.28. The first kappa shape index (κ1) is 14.4. The van der Waals surface area contributed by atoms with E-state index in [1.54, 1.807) is 0 Å². The number of hydrogen-bond acceptors (Lipinski definition) is 4. The molecule has 3 N–H and O–H groups in total. The highest BCUT2D eigenvalue weighted by molar-refractivity contribution is 7.87. The summed E-state index contributed by atoms with van der Waals surface area (Å²) >= 11 is 0. The van der Waals surface area contributed by atoms with Crippen LogP contribution in [0.15, 0.2) is 0 Å². The molecule has 0 spiro atoms. The molecule has 0 fully saturated rings. The predicted octanol–water partition coefficient (Wildman–Crippen LogP) is -0.994. The minimum Gasteiger partial charge on any atom is -0.481 e. The zero-order valence-corrected chi connectivity index (χ0v) is 7.06. The van der Waals surface area contributed by atoms with Gasteiger partial charge in [-0.25, -0.2) is 0 Å². The zero-order chi connectivity index (χ0) is 9.94. The Balaban J connectivity index is 0. The molecule has 1 atom stereocenters. The van der Waals surface area contributed by atoms with Gasteiger partial charge in [-0.15, -0.1) is 0 Å². The molecule has 3 radical (unpaired) electrons. The van der Waals surface area contributed by atoms with Crippen molar-refractivity contribution in [3.05, 3.63) is 7.43 Å². The summed E-state index contributed by atoms with van der Waals surface area (Å²) in [7, 11) is -4.84. The topological polar surface area (TPSA) is 129 Å². The number of carboxylic acid groups (broad SMARTS) is 2. The van der Waals surface area contributed by atoms with Gasteiger partial charge in [-0.2, -0.15) is 8.42 Å². The fourth-order valence-electron chi connectivity index (χ4n) is 0.479. The van der Waals surface area contributed by atoms with Gasteiger partial charge < -0.3 is 10.2 Å². The summed E-state index contributed by atoms with van der Waals surface area (Å²) < 4.78 is 28.7. The van der Waals surface area contributed by atoms with E-state index >= 15 is 0 Å². The Morgan fingerprint density at radius 3 is 1.69 bits per heavy atom. The van der Waals surface area contributed by atoms with Crippen LogP contribution < -0.4 is 0 Å². The average Bonchev–Trinajstić information content (AvgIpc) is 1.79. The first-order valence-corrected chi connectivity index (χ1v) is 4.16. The molecule has 1 unspecified atom stereocenters. The van der Waals surface area contributed by atoms with Crippen LogP contribution >= 0.6 is 0 Å². The van der Waals surface area contributed by atoms with Crippen molar-refractivity contribution < 1.29 is 32.8 Å². The van der Waals surface area contributed by atoms with Crippen LogP contribution in [0.4, 0.5) is 0 Å². The van der Waals surface area contributed by atoms with Crippen molar-refractivity contribution in [3.8, 4) is 0 Å². The van der Waals surface area contributed by atoms with Gasteiger partial charge >= 0.3 is 11.9 Å². The minimum atomic E-state index is -4.84. The Labute approximate surface area is 74.7 Å². The Bertz CT molecular complexity index is 290. The molecule has 0 rings (SSSR count). The summed E-state index contributed by atoms with van der Waals surface area (Å²) in [6.45, 7) is 0. The number of rotatable bonds is 4. The van der Waals surface area contributed by atoms with E-state index in [1.165, 1.54) is 0 Å². The van der Waals surface area contributed by atoms with E-state index in [0.717, 1.165) is 0 Å². The molecule has 0 aromatic carbocycles. The van der Waals surface area contributed by atoms with E-state index in [2.05, 4.69) is 0 Å². The van der Waals surface area contributed by atoms with Crippen LogP contribution in [0.5, 0.6) is 0 Å². The number of hydrogen-bond donors (Lipinski definition) is 3. The van der Waals surface area contributed by atoms with Gasteiger partial charge in [-0.05, 0) is 7.43 Å². The van der Waals surface area contributed by atoms with Crippen LogP contribution in [0.3, 0.4) is 0 Å². The second-order valence-electron chi connectivity index (χ2n) is 1.94. The lowest BCUT2D eigenvalue weighted by Gasteiger charge is -2.04. The fraction of sp³-hybridized carbons (Fsp3) is 0.400. The van der Waals surface area contributed by atoms with Gasteiger partial charge in [0.15, 0.2) is 5.25 Å². The van der Waals surface area contributed by atoms with Gasteiger partial charge in [0.25, 0.3) is 10.1 Å². The third kappa shape index (κ3) is 5.15. The third-order valence-electron chi connectivity index (χ3n) is 0.995. The van der Waals surface area contributed by atoms with Crippen LogP contribution in [0.1, 0.15) is 6.42 Å². The quantitative estimate of drug-likeness (QED) is 0.509. The van der Waals surface area contributed by atoms with E-state index < -0.39 is 33.7 Å². The highest BCUT2D eigenvalue weighted by atomic mass is 32.2. The summed E-state index contributed by atoms with van der Waals surface area (Å²) in [6.07, 6.45) is -1.16. The molecule has 0 aromatic heterocycles. The highest BCUT2D eigenvalue weighted by Gasteiger charge is 2.33. The highest BCUT2D eigenvalue weighted by Crippen LogP contribution is 2.04. The second kappa shape index (κ2) is 4.77.